The zero-order valence-corrected chi connectivity index (χ0v) is 18.4. The molecule has 0 aromatic heterocycles. The topological polar surface area (TPSA) is 63.1 Å². The molecule has 1 aliphatic rings. The fourth-order valence-electron chi connectivity index (χ4n) is 3.67. The van der Waals surface area contributed by atoms with Crippen LogP contribution in [0.3, 0.4) is 0 Å². The van der Waals surface area contributed by atoms with E-state index in [0.29, 0.717) is 6.42 Å². The predicted octanol–water partition coefficient (Wildman–Crippen LogP) is 5.39. The van der Waals surface area contributed by atoms with Gasteiger partial charge in [0, 0.05) is 23.7 Å². The number of phenolic OH excluding ortho intramolecular Hbond substituents is 1. The van der Waals surface area contributed by atoms with Crippen molar-refractivity contribution >= 4 is 21.6 Å². The Morgan fingerprint density at radius 1 is 1.00 bits per heavy atom. The van der Waals surface area contributed by atoms with Crippen LogP contribution in [0.1, 0.15) is 35.3 Å². The standard InChI is InChI=1S/C24H23BrN2O3/c1-29-17-10-7-15(8-11-17)20-14-21(18-5-3-4-6-22(18)28)27-24(26-20)16-9-12-23(30-2)19(25)13-16/h3-13,21,24,27-28H,14H2,1-2H3/t21-,24+/m1/s1. The third-order valence-electron chi connectivity index (χ3n) is 5.27. The van der Waals surface area contributed by atoms with Crippen LogP contribution in [0.5, 0.6) is 17.2 Å². The molecule has 0 unspecified atom stereocenters. The fraction of sp³-hybridized carbons (Fsp3) is 0.208. The highest BCUT2D eigenvalue weighted by Gasteiger charge is 2.28. The van der Waals surface area contributed by atoms with Crippen LogP contribution in [0.4, 0.5) is 0 Å². The number of nitrogens with one attached hydrogen (secondary N) is 1. The molecule has 3 aromatic rings. The van der Waals surface area contributed by atoms with E-state index < -0.39 is 0 Å². The Balaban J connectivity index is 1.74. The lowest BCUT2D eigenvalue weighted by Crippen LogP contribution is -2.33. The van der Waals surface area contributed by atoms with Gasteiger partial charge in [-0.2, -0.15) is 0 Å². The number of aliphatic imine (C=N–C) groups is 1. The summed E-state index contributed by atoms with van der Waals surface area (Å²) in [4.78, 5) is 5.00. The number of rotatable bonds is 5. The number of benzene rings is 3. The van der Waals surface area contributed by atoms with E-state index in [1.54, 1.807) is 20.3 Å². The third-order valence-corrected chi connectivity index (χ3v) is 5.89. The molecule has 1 aliphatic heterocycles. The molecule has 6 heteroatoms. The van der Waals surface area contributed by atoms with Gasteiger partial charge in [0.25, 0.3) is 0 Å². The number of aromatic hydroxyl groups is 1. The molecule has 5 nitrogen and oxygen atoms in total. The number of ether oxygens (including phenoxy) is 2. The number of hydrogen-bond donors (Lipinski definition) is 2. The molecule has 0 saturated heterocycles. The van der Waals surface area contributed by atoms with Crippen LogP contribution in [0.15, 0.2) is 76.2 Å². The van der Waals surface area contributed by atoms with Gasteiger partial charge in [-0.1, -0.05) is 24.3 Å². The Bertz CT molecular complexity index is 1070. The van der Waals surface area contributed by atoms with Crippen molar-refractivity contribution in [2.75, 3.05) is 14.2 Å². The molecular formula is C24H23BrN2O3. The van der Waals surface area contributed by atoms with Crippen LogP contribution in [0.25, 0.3) is 0 Å². The Morgan fingerprint density at radius 2 is 1.77 bits per heavy atom. The summed E-state index contributed by atoms with van der Waals surface area (Å²) in [7, 11) is 3.30. The van der Waals surface area contributed by atoms with E-state index in [0.717, 1.165) is 38.4 Å². The third kappa shape index (κ3) is 4.20. The van der Waals surface area contributed by atoms with Crippen molar-refractivity contribution in [2.45, 2.75) is 18.6 Å². The average molecular weight is 467 g/mol. The minimum Gasteiger partial charge on any atom is -0.508 e. The number of hydrogen-bond acceptors (Lipinski definition) is 5. The number of nitrogens with zero attached hydrogens (tertiary/aromatic N) is 1. The summed E-state index contributed by atoms with van der Waals surface area (Å²) >= 11 is 3.57. The van der Waals surface area contributed by atoms with Gasteiger partial charge in [-0.15, -0.1) is 0 Å². The molecule has 2 atom stereocenters. The van der Waals surface area contributed by atoms with Gasteiger partial charge in [0.1, 0.15) is 23.4 Å². The van der Waals surface area contributed by atoms with Crippen LogP contribution in [-0.2, 0) is 0 Å². The number of halogens is 1. The van der Waals surface area contributed by atoms with E-state index in [1.165, 1.54) is 0 Å². The van der Waals surface area contributed by atoms with Crippen LogP contribution >= 0.6 is 15.9 Å². The number of methoxy groups -OCH3 is 2. The molecule has 0 saturated carbocycles. The van der Waals surface area contributed by atoms with E-state index in [1.807, 2.05) is 60.7 Å². The second-order valence-corrected chi connectivity index (χ2v) is 7.94. The minimum absolute atomic E-state index is 0.0771. The molecular weight excluding hydrogens is 444 g/mol. The second-order valence-electron chi connectivity index (χ2n) is 7.08. The van der Waals surface area contributed by atoms with Gasteiger partial charge in [0.05, 0.1) is 18.7 Å². The molecule has 2 N–H and O–H groups in total. The quantitative estimate of drug-likeness (QED) is 0.528. The first-order chi connectivity index (χ1) is 14.6. The van der Waals surface area contributed by atoms with E-state index in [-0.39, 0.29) is 18.0 Å². The van der Waals surface area contributed by atoms with Crippen molar-refractivity contribution in [2.24, 2.45) is 4.99 Å². The van der Waals surface area contributed by atoms with Crippen molar-refractivity contribution in [3.63, 3.8) is 0 Å². The monoisotopic (exact) mass is 466 g/mol. The van der Waals surface area contributed by atoms with Gasteiger partial charge in [0.15, 0.2) is 0 Å². The Labute approximate surface area is 184 Å². The summed E-state index contributed by atoms with van der Waals surface area (Å²) in [6.45, 7) is 0. The summed E-state index contributed by atoms with van der Waals surface area (Å²) in [6, 6.07) is 21.2. The molecule has 3 aromatic carbocycles. The molecule has 154 valence electrons. The number of phenols is 1. The molecule has 1 heterocycles. The van der Waals surface area contributed by atoms with Crippen LogP contribution in [0.2, 0.25) is 0 Å². The first-order valence-electron chi connectivity index (χ1n) is 9.67. The highest BCUT2D eigenvalue weighted by molar-refractivity contribution is 9.10. The second kappa shape index (κ2) is 8.90. The highest BCUT2D eigenvalue weighted by Crippen LogP contribution is 2.36. The Kier molecular flexibility index (Phi) is 6.06. The molecule has 0 aliphatic carbocycles. The summed E-state index contributed by atoms with van der Waals surface area (Å²) in [5, 5.41) is 14.0. The molecule has 0 radical (unpaired) electrons. The molecule has 4 rings (SSSR count). The zero-order chi connectivity index (χ0) is 21.1. The zero-order valence-electron chi connectivity index (χ0n) is 16.8. The van der Waals surface area contributed by atoms with Crippen molar-refractivity contribution in [3.8, 4) is 17.2 Å². The molecule has 0 fully saturated rings. The van der Waals surface area contributed by atoms with Crippen molar-refractivity contribution < 1.29 is 14.6 Å². The van der Waals surface area contributed by atoms with Crippen molar-refractivity contribution in [3.05, 3.63) is 87.9 Å². The van der Waals surface area contributed by atoms with Gasteiger partial charge in [-0.05, 0) is 69.5 Å². The summed E-state index contributed by atoms with van der Waals surface area (Å²) in [6.07, 6.45) is 0.403. The summed E-state index contributed by atoms with van der Waals surface area (Å²) in [5.41, 5.74) is 3.88. The maximum atomic E-state index is 10.4. The summed E-state index contributed by atoms with van der Waals surface area (Å²) < 4.78 is 11.5. The molecule has 0 amide bonds. The van der Waals surface area contributed by atoms with Gasteiger partial charge >= 0.3 is 0 Å². The minimum atomic E-state index is -0.261. The van der Waals surface area contributed by atoms with Crippen molar-refractivity contribution in [1.82, 2.24) is 5.32 Å². The highest BCUT2D eigenvalue weighted by atomic mass is 79.9. The first kappa shape index (κ1) is 20.4. The molecule has 30 heavy (non-hydrogen) atoms. The van der Waals surface area contributed by atoms with Crippen LogP contribution in [0, 0.1) is 0 Å². The van der Waals surface area contributed by atoms with Crippen LogP contribution < -0.4 is 14.8 Å². The molecule has 0 spiro atoms. The molecule has 0 bridgehead atoms. The van der Waals surface area contributed by atoms with Crippen LogP contribution in [-0.4, -0.2) is 25.0 Å². The smallest absolute Gasteiger partial charge is 0.133 e. The summed E-state index contributed by atoms with van der Waals surface area (Å²) in [5.74, 6) is 1.85. The maximum Gasteiger partial charge on any atom is 0.133 e. The maximum absolute atomic E-state index is 10.4. The predicted molar refractivity (Wildman–Crippen MR) is 122 cm³/mol. The first-order valence-corrected chi connectivity index (χ1v) is 10.5. The van der Waals surface area contributed by atoms with E-state index in [9.17, 15) is 5.11 Å². The lowest BCUT2D eigenvalue weighted by molar-refractivity contribution is 0.406. The van der Waals surface area contributed by atoms with Gasteiger partial charge < -0.3 is 14.6 Å². The average Bonchev–Trinajstić information content (AvgIpc) is 2.79. The normalized spacial score (nSPS) is 18.6. The van der Waals surface area contributed by atoms with Crippen molar-refractivity contribution in [1.29, 1.82) is 0 Å². The van der Waals surface area contributed by atoms with E-state index >= 15 is 0 Å². The lowest BCUT2D eigenvalue weighted by atomic mass is 9.93. The van der Waals surface area contributed by atoms with E-state index in [2.05, 4.69) is 21.2 Å². The van der Waals surface area contributed by atoms with E-state index in [4.69, 9.17) is 14.5 Å². The van der Waals surface area contributed by atoms with Gasteiger partial charge in [-0.3, -0.25) is 10.3 Å². The Hall–Kier alpha value is -2.83. The number of para-hydroxylation sites is 1. The Morgan fingerprint density at radius 3 is 2.43 bits per heavy atom. The largest absolute Gasteiger partial charge is 0.508 e. The van der Waals surface area contributed by atoms with Gasteiger partial charge in [-0.25, -0.2) is 0 Å². The lowest BCUT2D eigenvalue weighted by Gasteiger charge is -2.31. The fourth-order valence-corrected chi connectivity index (χ4v) is 4.23. The SMILES string of the molecule is COc1ccc(C2=N[C@H](c3ccc(OC)c(Br)c3)N[C@@H](c3ccccc3O)C2)cc1. The van der Waals surface area contributed by atoms with Gasteiger partial charge in [0.2, 0.25) is 0 Å².